The lowest BCUT2D eigenvalue weighted by Crippen LogP contribution is -2.13. The molecular weight excluding hydrogens is 298 g/mol. The van der Waals surface area contributed by atoms with Crippen LogP contribution in [0.5, 0.6) is 0 Å². The Morgan fingerprint density at radius 2 is 1.92 bits per heavy atom. The maximum Gasteiger partial charge on any atom is 0.163 e. The van der Waals surface area contributed by atoms with E-state index in [2.05, 4.69) is 36.1 Å². The quantitative estimate of drug-likeness (QED) is 0.574. The first-order valence-electron chi connectivity index (χ1n) is 8.70. The summed E-state index contributed by atoms with van der Waals surface area (Å²) in [6, 6.07) is 8.24. The summed E-state index contributed by atoms with van der Waals surface area (Å²) in [6.45, 7) is 4.65. The Hall–Kier alpha value is -2.07. The molecule has 0 amide bonds. The fourth-order valence-electron chi connectivity index (χ4n) is 3.14. The molecule has 2 rings (SSSR count). The van der Waals surface area contributed by atoms with E-state index < -0.39 is 0 Å². The van der Waals surface area contributed by atoms with Crippen LogP contribution in [0.2, 0.25) is 0 Å². The number of aromatic nitrogens is 1. The second-order valence-corrected chi connectivity index (χ2v) is 6.59. The third kappa shape index (κ3) is 4.06. The number of Topliss-reactive ketones (excluding diaryl/α,β-unsaturated/α-hetero) is 1. The molecule has 0 fully saturated rings. The van der Waals surface area contributed by atoms with Crippen molar-refractivity contribution < 1.29 is 4.79 Å². The van der Waals surface area contributed by atoms with E-state index in [1.165, 1.54) is 10.9 Å². The number of para-hydroxylation sites is 1. The van der Waals surface area contributed by atoms with Gasteiger partial charge in [-0.3, -0.25) is 4.79 Å². The Morgan fingerprint density at radius 3 is 2.54 bits per heavy atom. The van der Waals surface area contributed by atoms with Gasteiger partial charge in [0.15, 0.2) is 5.78 Å². The van der Waals surface area contributed by atoms with Gasteiger partial charge in [0.05, 0.1) is 11.3 Å². The first-order valence-corrected chi connectivity index (χ1v) is 8.70. The summed E-state index contributed by atoms with van der Waals surface area (Å²) in [7, 11) is 4.19. The van der Waals surface area contributed by atoms with Gasteiger partial charge in [-0.2, -0.15) is 0 Å². The van der Waals surface area contributed by atoms with Gasteiger partial charge in [-0.25, -0.2) is 0 Å². The van der Waals surface area contributed by atoms with Crippen LogP contribution in [0.4, 0.5) is 0 Å². The second kappa shape index (κ2) is 8.15. The van der Waals surface area contributed by atoms with Gasteiger partial charge in [-0.1, -0.05) is 25.1 Å². The van der Waals surface area contributed by atoms with Gasteiger partial charge in [0.2, 0.25) is 0 Å². The first kappa shape index (κ1) is 18.3. The molecule has 0 aliphatic rings. The molecule has 24 heavy (non-hydrogen) atoms. The van der Waals surface area contributed by atoms with Crippen LogP contribution in [-0.2, 0) is 11.2 Å². The number of aryl methyl sites for hydroxylation is 1. The average molecular weight is 327 g/mol. The molecule has 1 heterocycles. The van der Waals surface area contributed by atoms with Crippen LogP contribution < -0.4 is 5.73 Å². The fourth-order valence-corrected chi connectivity index (χ4v) is 3.14. The van der Waals surface area contributed by atoms with E-state index in [1.54, 1.807) is 6.92 Å². The number of ketones is 1. The van der Waals surface area contributed by atoms with Gasteiger partial charge >= 0.3 is 0 Å². The smallest absolute Gasteiger partial charge is 0.163 e. The van der Waals surface area contributed by atoms with Gasteiger partial charge in [0.25, 0.3) is 0 Å². The molecule has 1 aromatic heterocycles. The van der Waals surface area contributed by atoms with E-state index in [0.29, 0.717) is 17.7 Å². The summed E-state index contributed by atoms with van der Waals surface area (Å²) < 4.78 is 0. The number of hydrogen-bond acceptors (Lipinski definition) is 3. The van der Waals surface area contributed by atoms with Crippen molar-refractivity contribution in [3.05, 3.63) is 41.2 Å². The molecule has 0 unspecified atom stereocenters. The summed E-state index contributed by atoms with van der Waals surface area (Å²) in [4.78, 5) is 17.9. The normalized spacial score (nSPS) is 12.7. The number of H-pyrrole nitrogens is 1. The highest BCUT2D eigenvalue weighted by Crippen LogP contribution is 2.30. The molecule has 0 aliphatic heterocycles. The van der Waals surface area contributed by atoms with Crippen molar-refractivity contribution >= 4 is 22.3 Å². The zero-order valence-electron chi connectivity index (χ0n) is 15.3. The number of aromatic amines is 1. The van der Waals surface area contributed by atoms with E-state index in [0.717, 1.165) is 37.0 Å². The highest BCUT2D eigenvalue weighted by Gasteiger charge is 2.19. The van der Waals surface area contributed by atoms with Gasteiger partial charge < -0.3 is 15.6 Å². The maximum absolute atomic E-state index is 12.2. The number of nitrogens with two attached hydrogens (primary N) is 1. The summed E-state index contributed by atoms with van der Waals surface area (Å²) in [6.07, 6.45) is 3.84. The molecule has 0 bridgehead atoms. The zero-order chi connectivity index (χ0) is 17.7. The molecular formula is C20H29N3O. The Kier molecular flexibility index (Phi) is 6.21. The number of benzene rings is 1. The number of nitrogens with one attached hydrogen (secondary N) is 1. The van der Waals surface area contributed by atoms with Crippen molar-refractivity contribution in [1.82, 2.24) is 9.88 Å². The summed E-state index contributed by atoms with van der Waals surface area (Å²) in [5, 5.41) is 1.19. The number of carbonyl (C=O) groups excluding carboxylic acids is 1. The van der Waals surface area contributed by atoms with E-state index in [4.69, 9.17) is 5.73 Å². The zero-order valence-corrected chi connectivity index (χ0v) is 15.3. The molecule has 1 aromatic carbocycles. The van der Waals surface area contributed by atoms with Crippen molar-refractivity contribution in [2.45, 2.75) is 39.5 Å². The Balaban J connectivity index is 2.45. The topological polar surface area (TPSA) is 62.1 Å². The van der Waals surface area contributed by atoms with Gasteiger partial charge in [0, 0.05) is 16.6 Å². The standard InChI is InChI=1S/C20H29N3O/c1-5-17(21)19(14(2)24)20-16(11-8-9-13-23(3)4)15-10-6-7-12-18(15)22-20/h6-7,10,12,22H,5,8-9,11,13,21H2,1-4H3. The SMILES string of the molecule is CCC(N)=C(C(C)=O)c1[nH]c2ccccc2c1CCCCN(C)C. The van der Waals surface area contributed by atoms with Gasteiger partial charge in [0.1, 0.15) is 0 Å². The molecule has 4 heteroatoms. The van der Waals surface area contributed by atoms with Crippen LogP contribution in [-0.4, -0.2) is 36.3 Å². The van der Waals surface area contributed by atoms with Crippen LogP contribution >= 0.6 is 0 Å². The molecule has 0 radical (unpaired) electrons. The minimum Gasteiger partial charge on any atom is -0.401 e. The van der Waals surface area contributed by atoms with Crippen molar-refractivity contribution in [3.8, 4) is 0 Å². The monoisotopic (exact) mass is 327 g/mol. The van der Waals surface area contributed by atoms with Crippen molar-refractivity contribution in [2.24, 2.45) is 5.73 Å². The largest absolute Gasteiger partial charge is 0.401 e. The van der Waals surface area contributed by atoms with Gasteiger partial charge in [-0.15, -0.1) is 0 Å². The molecule has 0 atom stereocenters. The van der Waals surface area contributed by atoms with Crippen LogP contribution in [0.1, 0.15) is 44.4 Å². The van der Waals surface area contributed by atoms with Crippen molar-refractivity contribution in [1.29, 1.82) is 0 Å². The predicted octanol–water partition coefficient (Wildman–Crippen LogP) is 3.72. The average Bonchev–Trinajstić information content (AvgIpc) is 2.89. The minimum atomic E-state index is 0.0236. The number of hydrogen-bond donors (Lipinski definition) is 2. The Morgan fingerprint density at radius 1 is 1.21 bits per heavy atom. The summed E-state index contributed by atoms with van der Waals surface area (Å²) in [5.41, 5.74) is 10.7. The van der Waals surface area contributed by atoms with E-state index in [9.17, 15) is 4.79 Å². The number of carbonyl (C=O) groups is 1. The highest BCUT2D eigenvalue weighted by atomic mass is 16.1. The molecule has 0 saturated heterocycles. The van der Waals surface area contributed by atoms with E-state index in [1.807, 2.05) is 19.1 Å². The van der Waals surface area contributed by atoms with Crippen LogP contribution in [0, 0.1) is 0 Å². The van der Waals surface area contributed by atoms with Gasteiger partial charge in [-0.05, 0) is 64.9 Å². The highest BCUT2D eigenvalue weighted by molar-refractivity contribution is 6.21. The van der Waals surface area contributed by atoms with Crippen LogP contribution in [0.15, 0.2) is 30.0 Å². The molecule has 4 nitrogen and oxygen atoms in total. The molecule has 2 aromatic rings. The lowest BCUT2D eigenvalue weighted by Gasteiger charge is -2.11. The Bertz CT molecular complexity index is 740. The number of fused-ring (bicyclic) bond motifs is 1. The lowest BCUT2D eigenvalue weighted by atomic mass is 9.96. The minimum absolute atomic E-state index is 0.0236. The van der Waals surface area contributed by atoms with Crippen LogP contribution in [0.3, 0.4) is 0 Å². The molecule has 0 aliphatic carbocycles. The van der Waals surface area contributed by atoms with Crippen molar-refractivity contribution in [2.75, 3.05) is 20.6 Å². The lowest BCUT2D eigenvalue weighted by molar-refractivity contribution is -0.111. The number of allylic oxidation sites excluding steroid dienone is 2. The van der Waals surface area contributed by atoms with Crippen LogP contribution in [0.25, 0.3) is 16.5 Å². The summed E-state index contributed by atoms with van der Waals surface area (Å²) in [5.74, 6) is 0.0236. The second-order valence-electron chi connectivity index (χ2n) is 6.59. The third-order valence-corrected chi connectivity index (χ3v) is 4.40. The fraction of sp³-hybridized carbons (Fsp3) is 0.450. The number of rotatable bonds is 8. The molecule has 130 valence electrons. The molecule has 0 spiro atoms. The molecule has 0 saturated carbocycles. The molecule has 3 N–H and O–H groups in total. The number of nitrogens with zero attached hydrogens (tertiary/aromatic N) is 1. The van der Waals surface area contributed by atoms with Crippen molar-refractivity contribution in [3.63, 3.8) is 0 Å². The third-order valence-electron chi connectivity index (χ3n) is 4.40. The Labute approximate surface area is 144 Å². The number of unbranched alkanes of at least 4 members (excludes halogenated alkanes) is 1. The van der Waals surface area contributed by atoms with E-state index >= 15 is 0 Å². The maximum atomic E-state index is 12.2. The van der Waals surface area contributed by atoms with E-state index in [-0.39, 0.29) is 5.78 Å². The first-order chi connectivity index (χ1) is 11.5. The predicted molar refractivity (Wildman–Crippen MR) is 102 cm³/mol. The summed E-state index contributed by atoms with van der Waals surface area (Å²) >= 11 is 0.